The molecule has 0 spiro atoms. The number of hydrogen-bond donors (Lipinski definition) is 0. The van der Waals surface area contributed by atoms with E-state index in [1.54, 1.807) is 24.8 Å². The Kier molecular flexibility index (Phi) is 6.77. The van der Waals surface area contributed by atoms with E-state index in [9.17, 15) is 0 Å². The largest absolute Gasteiger partial charge is 0.475 e. The van der Waals surface area contributed by atoms with Gasteiger partial charge in [-0.05, 0) is 57.0 Å². The van der Waals surface area contributed by atoms with Gasteiger partial charge in [0.1, 0.15) is 13.2 Å². The maximum atomic E-state index is 5.90. The standard InChI is InChI=1S/C36H32N6O2/c1-35(2)21-43-33(41-35)28-14-26(17-37-19-28)30-16-31(27-15-29(20-38-18-27)34-42-36(3,4)22-44-34)40-32(39-30)25-12-10-24(11-13-25)23-8-6-5-7-9-23/h5-20H,21-22H2,1-4H3. The number of nitrogens with zero attached hydrogens (tertiary/aromatic N) is 6. The van der Waals surface area contributed by atoms with Gasteiger partial charge in [-0.1, -0.05) is 54.6 Å². The molecule has 0 atom stereocenters. The van der Waals surface area contributed by atoms with Crippen LogP contribution in [0.2, 0.25) is 0 Å². The van der Waals surface area contributed by atoms with Gasteiger partial charge in [-0.3, -0.25) is 9.97 Å². The second-order valence-electron chi connectivity index (χ2n) is 12.4. The number of hydrogen-bond acceptors (Lipinski definition) is 8. The molecule has 8 nitrogen and oxygen atoms in total. The number of ether oxygens (including phenoxy) is 2. The Morgan fingerprint density at radius 2 is 0.955 bits per heavy atom. The molecule has 0 N–H and O–H groups in total. The smallest absolute Gasteiger partial charge is 0.218 e. The van der Waals surface area contributed by atoms with Crippen LogP contribution in [0.3, 0.4) is 0 Å². The lowest BCUT2D eigenvalue weighted by Gasteiger charge is -2.11. The predicted molar refractivity (Wildman–Crippen MR) is 173 cm³/mol. The molecule has 0 unspecified atom stereocenters. The second-order valence-corrected chi connectivity index (χ2v) is 12.4. The van der Waals surface area contributed by atoms with Gasteiger partial charge in [0.2, 0.25) is 11.8 Å². The van der Waals surface area contributed by atoms with Gasteiger partial charge in [0, 0.05) is 41.5 Å². The summed E-state index contributed by atoms with van der Waals surface area (Å²) < 4.78 is 11.8. The van der Waals surface area contributed by atoms with Gasteiger partial charge in [0.25, 0.3) is 0 Å². The topological polar surface area (TPSA) is 94.7 Å². The van der Waals surface area contributed by atoms with Crippen molar-refractivity contribution in [3.8, 4) is 45.0 Å². The lowest BCUT2D eigenvalue weighted by atomic mass is 10.0. The lowest BCUT2D eigenvalue weighted by Crippen LogP contribution is -2.17. The van der Waals surface area contributed by atoms with Gasteiger partial charge < -0.3 is 9.47 Å². The maximum absolute atomic E-state index is 5.90. The third kappa shape index (κ3) is 5.71. The van der Waals surface area contributed by atoms with Gasteiger partial charge in [0.05, 0.1) is 33.6 Å². The summed E-state index contributed by atoms with van der Waals surface area (Å²) in [6, 6.07) is 24.6. The van der Waals surface area contributed by atoms with Gasteiger partial charge in [0.15, 0.2) is 5.82 Å². The minimum atomic E-state index is -0.271. The van der Waals surface area contributed by atoms with Gasteiger partial charge in [-0.2, -0.15) is 0 Å². The number of rotatable bonds is 6. The molecule has 2 aliphatic heterocycles. The molecule has 218 valence electrons. The molecular formula is C36H32N6O2. The zero-order valence-electron chi connectivity index (χ0n) is 25.2. The highest BCUT2D eigenvalue weighted by molar-refractivity contribution is 5.97. The van der Waals surface area contributed by atoms with E-state index < -0.39 is 0 Å². The molecule has 0 aliphatic carbocycles. The van der Waals surface area contributed by atoms with E-state index >= 15 is 0 Å². The first-order chi connectivity index (χ1) is 21.2. The van der Waals surface area contributed by atoms with Crippen LogP contribution in [0, 0.1) is 0 Å². The van der Waals surface area contributed by atoms with Crippen LogP contribution in [-0.2, 0) is 9.47 Å². The number of pyridine rings is 2. The third-order valence-electron chi connectivity index (χ3n) is 7.47. The Balaban J connectivity index is 1.32. The van der Waals surface area contributed by atoms with Gasteiger partial charge >= 0.3 is 0 Å². The summed E-state index contributed by atoms with van der Waals surface area (Å²) in [5.41, 5.74) is 7.37. The summed E-state index contributed by atoms with van der Waals surface area (Å²) in [6.07, 6.45) is 7.14. The van der Waals surface area contributed by atoms with Crippen LogP contribution in [0.4, 0.5) is 0 Å². The van der Waals surface area contributed by atoms with E-state index in [0.717, 1.165) is 50.3 Å². The molecule has 5 heterocycles. The Bertz CT molecular complexity index is 1820. The molecule has 0 saturated heterocycles. The van der Waals surface area contributed by atoms with Crippen molar-refractivity contribution in [2.45, 2.75) is 38.8 Å². The minimum Gasteiger partial charge on any atom is -0.475 e. The fourth-order valence-corrected chi connectivity index (χ4v) is 5.17. The molecule has 0 bridgehead atoms. The summed E-state index contributed by atoms with van der Waals surface area (Å²) >= 11 is 0. The van der Waals surface area contributed by atoms with E-state index in [-0.39, 0.29) is 11.1 Å². The molecule has 3 aromatic heterocycles. The normalized spacial score (nSPS) is 16.5. The van der Waals surface area contributed by atoms with Crippen molar-refractivity contribution in [2.24, 2.45) is 9.98 Å². The van der Waals surface area contributed by atoms with Crippen LogP contribution in [0.1, 0.15) is 38.8 Å². The highest BCUT2D eigenvalue weighted by Crippen LogP contribution is 2.31. The SMILES string of the molecule is CC1(C)COC(c2cncc(-c3cc(-c4cncc(C5=NC(C)(C)CO5)c4)nc(-c4ccc(-c5ccccc5)cc4)n3)c2)=N1. The molecule has 0 amide bonds. The van der Waals surface area contributed by atoms with E-state index in [0.29, 0.717) is 30.8 Å². The fraction of sp³-hybridized carbons (Fsp3) is 0.222. The summed E-state index contributed by atoms with van der Waals surface area (Å²) in [7, 11) is 0. The number of aromatic nitrogens is 4. The summed E-state index contributed by atoms with van der Waals surface area (Å²) in [5.74, 6) is 1.78. The summed E-state index contributed by atoms with van der Waals surface area (Å²) in [6.45, 7) is 9.26. The first-order valence-corrected chi connectivity index (χ1v) is 14.6. The average Bonchev–Trinajstić information content (AvgIpc) is 3.62. The van der Waals surface area contributed by atoms with E-state index in [1.165, 1.54) is 0 Å². The van der Waals surface area contributed by atoms with Crippen molar-refractivity contribution in [1.29, 1.82) is 0 Å². The maximum Gasteiger partial charge on any atom is 0.218 e. The van der Waals surface area contributed by atoms with Crippen molar-refractivity contribution in [1.82, 2.24) is 19.9 Å². The number of aliphatic imine (C=N–C) groups is 2. The number of benzene rings is 2. The molecule has 44 heavy (non-hydrogen) atoms. The highest BCUT2D eigenvalue weighted by Gasteiger charge is 2.28. The van der Waals surface area contributed by atoms with Crippen molar-refractivity contribution >= 4 is 11.8 Å². The van der Waals surface area contributed by atoms with E-state index in [2.05, 4.69) is 74.1 Å². The van der Waals surface area contributed by atoms with Crippen LogP contribution in [0.25, 0.3) is 45.0 Å². The monoisotopic (exact) mass is 580 g/mol. The minimum absolute atomic E-state index is 0.271. The quantitative estimate of drug-likeness (QED) is 0.214. The van der Waals surface area contributed by atoms with Crippen molar-refractivity contribution < 1.29 is 9.47 Å². The van der Waals surface area contributed by atoms with Gasteiger partial charge in [-0.15, -0.1) is 0 Å². The average molecular weight is 581 g/mol. The predicted octanol–water partition coefficient (Wildman–Crippen LogP) is 7.05. The molecule has 0 saturated carbocycles. The first-order valence-electron chi connectivity index (χ1n) is 14.6. The Morgan fingerprint density at radius 3 is 1.43 bits per heavy atom. The molecule has 8 heteroatoms. The molecule has 0 radical (unpaired) electrons. The molecular weight excluding hydrogens is 548 g/mol. The summed E-state index contributed by atoms with van der Waals surface area (Å²) in [4.78, 5) is 28.5. The Hall–Kier alpha value is -5.24. The Morgan fingerprint density at radius 1 is 0.500 bits per heavy atom. The van der Waals surface area contributed by atoms with E-state index in [1.807, 2.05) is 36.4 Å². The van der Waals surface area contributed by atoms with Crippen LogP contribution < -0.4 is 0 Å². The van der Waals surface area contributed by atoms with Crippen LogP contribution in [-0.4, -0.2) is 56.0 Å². The molecule has 2 aromatic carbocycles. The first kappa shape index (κ1) is 27.6. The van der Waals surface area contributed by atoms with Gasteiger partial charge in [-0.25, -0.2) is 20.0 Å². The Labute approximate surface area is 256 Å². The molecule has 5 aromatic rings. The highest BCUT2D eigenvalue weighted by atomic mass is 16.5. The van der Waals surface area contributed by atoms with Crippen molar-refractivity contribution in [3.05, 3.63) is 109 Å². The second kappa shape index (κ2) is 10.8. The van der Waals surface area contributed by atoms with E-state index in [4.69, 9.17) is 29.4 Å². The molecule has 2 aliphatic rings. The van der Waals surface area contributed by atoms with Crippen molar-refractivity contribution in [2.75, 3.05) is 13.2 Å². The lowest BCUT2D eigenvalue weighted by molar-refractivity contribution is 0.279. The summed E-state index contributed by atoms with van der Waals surface area (Å²) in [5, 5.41) is 0. The fourth-order valence-electron chi connectivity index (χ4n) is 5.17. The third-order valence-corrected chi connectivity index (χ3v) is 7.47. The zero-order valence-corrected chi connectivity index (χ0v) is 25.2. The van der Waals surface area contributed by atoms with Crippen LogP contribution in [0.5, 0.6) is 0 Å². The molecule has 0 fully saturated rings. The van der Waals surface area contributed by atoms with Crippen molar-refractivity contribution in [3.63, 3.8) is 0 Å². The van der Waals surface area contributed by atoms with Crippen LogP contribution >= 0.6 is 0 Å². The van der Waals surface area contributed by atoms with Crippen LogP contribution in [0.15, 0.2) is 108 Å². The zero-order chi connectivity index (χ0) is 30.3. The molecule has 7 rings (SSSR count).